The molecule has 0 saturated heterocycles. The zero-order valence-corrected chi connectivity index (χ0v) is 10.2. The Hall–Kier alpha value is -1.13. The summed E-state index contributed by atoms with van der Waals surface area (Å²) in [5.41, 5.74) is 0. The van der Waals surface area contributed by atoms with Crippen LogP contribution in [0.15, 0.2) is 66.5 Å². The zero-order chi connectivity index (χ0) is 11.1. The Balaban J connectivity index is 2.69. The highest BCUT2D eigenvalue weighted by Gasteiger charge is 2.04. The molecule has 0 nitrogen and oxygen atoms in total. The predicted molar refractivity (Wildman–Crippen MR) is 72.0 cm³/mol. The van der Waals surface area contributed by atoms with Crippen molar-refractivity contribution in [3.05, 3.63) is 66.5 Å². The molecule has 1 rings (SSSR count). The van der Waals surface area contributed by atoms with Crippen LogP contribution >= 0.6 is 7.92 Å². The molecule has 0 aliphatic heterocycles. The molecular weight excluding hydrogens is 199 g/mol. The van der Waals surface area contributed by atoms with Gasteiger partial charge in [-0.1, -0.05) is 61.2 Å². The SMILES string of the molecule is C=C(/C=C\C=C/C)P(C)c1ccccc1. The number of benzene rings is 1. The number of hydrogen-bond donors (Lipinski definition) is 0. The van der Waals surface area contributed by atoms with Crippen LogP contribution < -0.4 is 5.30 Å². The Morgan fingerprint density at radius 3 is 2.47 bits per heavy atom. The lowest BCUT2D eigenvalue weighted by molar-refractivity contribution is 1.72. The molecule has 0 amide bonds. The lowest BCUT2D eigenvalue weighted by Crippen LogP contribution is -1.98. The molecule has 0 N–H and O–H groups in total. The lowest BCUT2D eigenvalue weighted by atomic mass is 10.4. The van der Waals surface area contributed by atoms with E-state index in [2.05, 4.69) is 43.6 Å². The van der Waals surface area contributed by atoms with Crippen molar-refractivity contribution in [2.75, 3.05) is 6.66 Å². The Kier molecular flexibility index (Phi) is 5.07. The second-order valence-electron chi connectivity index (χ2n) is 3.27. The van der Waals surface area contributed by atoms with Gasteiger partial charge in [0.1, 0.15) is 0 Å². The van der Waals surface area contributed by atoms with Gasteiger partial charge in [0.05, 0.1) is 0 Å². The van der Waals surface area contributed by atoms with E-state index in [0.29, 0.717) is 0 Å². The van der Waals surface area contributed by atoms with Gasteiger partial charge in [-0.05, 0) is 32.1 Å². The molecule has 0 aromatic heterocycles. The fraction of sp³-hybridized carbons (Fsp3) is 0.143. The number of rotatable bonds is 4. The molecule has 1 unspecified atom stereocenters. The van der Waals surface area contributed by atoms with Gasteiger partial charge in [0, 0.05) is 0 Å². The van der Waals surface area contributed by atoms with Crippen LogP contribution in [0.2, 0.25) is 0 Å². The summed E-state index contributed by atoms with van der Waals surface area (Å²) in [5.74, 6) is 0. The highest BCUT2D eigenvalue weighted by Crippen LogP contribution is 2.38. The van der Waals surface area contributed by atoms with E-state index >= 15 is 0 Å². The van der Waals surface area contributed by atoms with Crippen molar-refractivity contribution >= 4 is 13.2 Å². The van der Waals surface area contributed by atoms with E-state index in [9.17, 15) is 0 Å². The molecular formula is C14H17P. The van der Waals surface area contributed by atoms with E-state index < -0.39 is 0 Å². The van der Waals surface area contributed by atoms with Crippen molar-refractivity contribution in [2.45, 2.75) is 6.92 Å². The summed E-state index contributed by atoms with van der Waals surface area (Å²) in [6.07, 6.45) is 8.19. The minimum Gasteiger partial charge on any atom is -0.0910 e. The zero-order valence-electron chi connectivity index (χ0n) is 9.35. The second kappa shape index (κ2) is 6.37. The monoisotopic (exact) mass is 216 g/mol. The molecule has 0 bridgehead atoms. The molecule has 0 heterocycles. The minimum atomic E-state index is -0.269. The standard InChI is InChI=1S/C14H17P/c1-4-5-7-10-13(2)15(3)14-11-8-6-9-12-14/h4-12H,2H2,1,3H3/b5-4-,10-7-. The molecule has 0 spiro atoms. The third-order valence-corrected chi connectivity index (χ3v) is 4.25. The molecule has 1 heteroatoms. The van der Waals surface area contributed by atoms with E-state index in [1.165, 1.54) is 10.6 Å². The quantitative estimate of drug-likeness (QED) is 0.525. The molecule has 78 valence electrons. The van der Waals surface area contributed by atoms with E-state index in [1.54, 1.807) is 0 Å². The largest absolute Gasteiger partial charge is 0.0910 e. The summed E-state index contributed by atoms with van der Waals surface area (Å²) >= 11 is 0. The highest BCUT2D eigenvalue weighted by molar-refractivity contribution is 7.69. The van der Waals surface area contributed by atoms with Gasteiger partial charge in [0.25, 0.3) is 0 Å². The van der Waals surface area contributed by atoms with Crippen LogP contribution in [0.25, 0.3) is 0 Å². The molecule has 0 saturated carbocycles. The van der Waals surface area contributed by atoms with Crippen LogP contribution in [-0.4, -0.2) is 6.66 Å². The van der Waals surface area contributed by atoms with Crippen LogP contribution in [0, 0.1) is 0 Å². The average Bonchev–Trinajstić information content (AvgIpc) is 2.29. The van der Waals surface area contributed by atoms with E-state index in [0.717, 1.165) is 0 Å². The topological polar surface area (TPSA) is 0 Å². The molecule has 0 radical (unpaired) electrons. The first kappa shape index (κ1) is 11.9. The molecule has 15 heavy (non-hydrogen) atoms. The summed E-state index contributed by atoms with van der Waals surface area (Å²) < 4.78 is 0. The smallest absolute Gasteiger partial charge is 0.0198 e. The van der Waals surface area contributed by atoms with E-state index in [4.69, 9.17) is 0 Å². The molecule has 0 aliphatic rings. The number of allylic oxidation sites excluding steroid dienone is 5. The predicted octanol–water partition coefficient (Wildman–Crippen LogP) is 4.07. The van der Waals surface area contributed by atoms with Gasteiger partial charge in [-0.3, -0.25) is 0 Å². The Labute approximate surface area is 93.8 Å². The van der Waals surface area contributed by atoms with Gasteiger partial charge >= 0.3 is 0 Å². The molecule has 0 aliphatic carbocycles. The minimum absolute atomic E-state index is 0.269. The Morgan fingerprint density at radius 2 is 1.87 bits per heavy atom. The van der Waals surface area contributed by atoms with Crippen LogP contribution in [-0.2, 0) is 0 Å². The normalized spacial score (nSPS) is 13.5. The van der Waals surface area contributed by atoms with Gasteiger partial charge in [-0.2, -0.15) is 0 Å². The van der Waals surface area contributed by atoms with Gasteiger partial charge in [-0.15, -0.1) is 0 Å². The average molecular weight is 216 g/mol. The fourth-order valence-corrected chi connectivity index (χ4v) is 2.47. The molecule has 1 aromatic carbocycles. The first-order valence-corrected chi connectivity index (χ1v) is 6.81. The van der Waals surface area contributed by atoms with Gasteiger partial charge in [0.2, 0.25) is 0 Å². The summed E-state index contributed by atoms with van der Waals surface area (Å²) in [5, 5.41) is 2.58. The van der Waals surface area contributed by atoms with Crippen molar-refractivity contribution in [2.24, 2.45) is 0 Å². The van der Waals surface area contributed by atoms with Crippen molar-refractivity contribution in [3.8, 4) is 0 Å². The first-order chi connectivity index (χ1) is 7.25. The van der Waals surface area contributed by atoms with Crippen LogP contribution in [0.3, 0.4) is 0 Å². The molecule has 1 atom stereocenters. The van der Waals surface area contributed by atoms with Crippen molar-refractivity contribution in [3.63, 3.8) is 0 Å². The van der Waals surface area contributed by atoms with E-state index in [-0.39, 0.29) is 7.92 Å². The van der Waals surface area contributed by atoms with Gasteiger partial charge < -0.3 is 0 Å². The molecule has 0 fully saturated rings. The summed E-state index contributed by atoms with van der Waals surface area (Å²) in [6, 6.07) is 10.5. The van der Waals surface area contributed by atoms with Crippen molar-refractivity contribution in [1.82, 2.24) is 0 Å². The summed E-state index contributed by atoms with van der Waals surface area (Å²) in [4.78, 5) is 0. The third-order valence-electron chi connectivity index (χ3n) is 2.17. The lowest BCUT2D eigenvalue weighted by Gasteiger charge is -2.12. The van der Waals surface area contributed by atoms with Crippen LogP contribution in [0.1, 0.15) is 6.92 Å². The highest BCUT2D eigenvalue weighted by atomic mass is 31.1. The van der Waals surface area contributed by atoms with E-state index in [1.807, 2.05) is 31.2 Å². The number of hydrogen-bond acceptors (Lipinski definition) is 0. The van der Waals surface area contributed by atoms with Crippen molar-refractivity contribution < 1.29 is 0 Å². The maximum Gasteiger partial charge on any atom is -0.0198 e. The summed E-state index contributed by atoms with van der Waals surface area (Å²) in [7, 11) is -0.269. The first-order valence-electron chi connectivity index (χ1n) is 5.02. The summed E-state index contributed by atoms with van der Waals surface area (Å²) in [6.45, 7) is 8.37. The van der Waals surface area contributed by atoms with Crippen LogP contribution in [0.5, 0.6) is 0 Å². The Bertz CT molecular complexity index is 360. The maximum absolute atomic E-state index is 4.11. The maximum atomic E-state index is 4.11. The Morgan fingerprint density at radius 1 is 1.20 bits per heavy atom. The van der Waals surface area contributed by atoms with Gasteiger partial charge in [0.15, 0.2) is 0 Å². The fourth-order valence-electron chi connectivity index (χ4n) is 1.21. The van der Waals surface area contributed by atoms with Crippen molar-refractivity contribution in [1.29, 1.82) is 0 Å². The molecule has 1 aromatic rings. The third kappa shape index (κ3) is 3.85. The second-order valence-corrected chi connectivity index (χ2v) is 5.48. The van der Waals surface area contributed by atoms with Crippen LogP contribution in [0.4, 0.5) is 0 Å². The van der Waals surface area contributed by atoms with Gasteiger partial charge in [-0.25, -0.2) is 0 Å².